The van der Waals surface area contributed by atoms with Crippen molar-refractivity contribution < 1.29 is 9.53 Å². The topological polar surface area (TPSA) is 64.3 Å². The second kappa shape index (κ2) is 8.46. The third-order valence-electron chi connectivity index (χ3n) is 3.43. The molecule has 0 radical (unpaired) electrons. The predicted molar refractivity (Wildman–Crippen MR) is 93.0 cm³/mol. The number of ether oxygens (including phenoxy) is 1. The van der Waals surface area contributed by atoms with Gasteiger partial charge in [0.15, 0.2) is 0 Å². The van der Waals surface area contributed by atoms with E-state index in [-0.39, 0.29) is 24.5 Å². The molecule has 2 aromatic carbocycles. The molecule has 0 aliphatic carbocycles. The summed E-state index contributed by atoms with van der Waals surface area (Å²) < 4.78 is 5.58. The molecule has 0 saturated carbocycles. The Labute approximate surface area is 137 Å². The SMILES string of the molecule is CC(C)OCc1cccc(NC(=O)CC(N)c2ccccc2)c1. The summed E-state index contributed by atoms with van der Waals surface area (Å²) in [5.41, 5.74) is 8.83. The minimum atomic E-state index is -0.302. The van der Waals surface area contributed by atoms with E-state index in [0.29, 0.717) is 6.61 Å². The van der Waals surface area contributed by atoms with E-state index in [1.165, 1.54) is 0 Å². The first-order valence-corrected chi connectivity index (χ1v) is 7.85. The van der Waals surface area contributed by atoms with Crippen LogP contribution in [0.2, 0.25) is 0 Å². The van der Waals surface area contributed by atoms with Crippen LogP contribution in [0.15, 0.2) is 54.6 Å². The summed E-state index contributed by atoms with van der Waals surface area (Å²) in [5.74, 6) is -0.0942. The fourth-order valence-corrected chi connectivity index (χ4v) is 2.23. The summed E-state index contributed by atoms with van der Waals surface area (Å²) in [6.45, 7) is 4.53. The fraction of sp³-hybridized carbons (Fsp3) is 0.316. The van der Waals surface area contributed by atoms with E-state index in [9.17, 15) is 4.79 Å². The van der Waals surface area contributed by atoms with E-state index in [2.05, 4.69) is 5.32 Å². The number of rotatable bonds is 7. The average Bonchev–Trinajstić information content (AvgIpc) is 2.54. The Morgan fingerprint density at radius 2 is 1.87 bits per heavy atom. The Kier molecular flexibility index (Phi) is 6.32. The first-order valence-electron chi connectivity index (χ1n) is 7.85. The van der Waals surface area contributed by atoms with Gasteiger partial charge in [-0.1, -0.05) is 42.5 Å². The van der Waals surface area contributed by atoms with Gasteiger partial charge in [0.2, 0.25) is 5.91 Å². The van der Waals surface area contributed by atoms with E-state index in [1.807, 2.05) is 68.4 Å². The van der Waals surface area contributed by atoms with E-state index in [0.717, 1.165) is 16.8 Å². The fourth-order valence-electron chi connectivity index (χ4n) is 2.23. The summed E-state index contributed by atoms with van der Waals surface area (Å²) in [7, 11) is 0. The van der Waals surface area contributed by atoms with Gasteiger partial charge in [0.1, 0.15) is 0 Å². The van der Waals surface area contributed by atoms with Crippen molar-refractivity contribution in [1.82, 2.24) is 0 Å². The highest BCUT2D eigenvalue weighted by Crippen LogP contribution is 2.16. The Morgan fingerprint density at radius 1 is 1.13 bits per heavy atom. The summed E-state index contributed by atoms with van der Waals surface area (Å²) in [6.07, 6.45) is 0.425. The highest BCUT2D eigenvalue weighted by Gasteiger charge is 2.11. The lowest BCUT2D eigenvalue weighted by Crippen LogP contribution is -2.20. The normalized spacial score (nSPS) is 12.2. The molecular formula is C19H24N2O2. The van der Waals surface area contributed by atoms with Gasteiger partial charge in [-0.15, -0.1) is 0 Å². The molecular weight excluding hydrogens is 288 g/mol. The largest absolute Gasteiger partial charge is 0.374 e. The summed E-state index contributed by atoms with van der Waals surface area (Å²) in [6, 6.07) is 17.0. The van der Waals surface area contributed by atoms with Crippen molar-refractivity contribution in [1.29, 1.82) is 0 Å². The number of hydrogen-bond acceptors (Lipinski definition) is 3. The highest BCUT2D eigenvalue weighted by atomic mass is 16.5. The Hall–Kier alpha value is -2.17. The van der Waals surface area contributed by atoms with Gasteiger partial charge >= 0.3 is 0 Å². The lowest BCUT2D eigenvalue weighted by Gasteiger charge is -2.13. The average molecular weight is 312 g/mol. The number of carbonyl (C=O) groups excluding carboxylic acids is 1. The molecule has 0 fully saturated rings. The van der Waals surface area contributed by atoms with Gasteiger partial charge in [0, 0.05) is 18.2 Å². The quantitative estimate of drug-likeness (QED) is 0.820. The van der Waals surface area contributed by atoms with Crippen LogP contribution in [0.25, 0.3) is 0 Å². The summed E-state index contributed by atoms with van der Waals surface area (Å²) in [4.78, 5) is 12.2. The second-order valence-corrected chi connectivity index (χ2v) is 5.83. The number of nitrogens with one attached hydrogen (secondary N) is 1. The zero-order chi connectivity index (χ0) is 16.7. The number of anilines is 1. The molecule has 4 nitrogen and oxygen atoms in total. The molecule has 0 bridgehead atoms. The molecule has 0 spiro atoms. The number of nitrogens with two attached hydrogens (primary N) is 1. The molecule has 2 rings (SSSR count). The molecule has 23 heavy (non-hydrogen) atoms. The molecule has 1 unspecified atom stereocenters. The van der Waals surface area contributed by atoms with E-state index >= 15 is 0 Å². The van der Waals surface area contributed by atoms with Gasteiger partial charge in [0.25, 0.3) is 0 Å². The molecule has 122 valence electrons. The van der Waals surface area contributed by atoms with Crippen LogP contribution in [0.3, 0.4) is 0 Å². The standard InChI is InChI=1S/C19H24N2O2/c1-14(2)23-13-15-7-6-10-17(11-15)21-19(22)12-18(20)16-8-4-3-5-9-16/h3-11,14,18H,12-13,20H2,1-2H3,(H,21,22). The molecule has 1 amide bonds. The summed E-state index contributed by atoms with van der Waals surface area (Å²) in [5, 5.41) is 2.90. The molecule has 0 aliphatic heterocycles. The molecule has 0 aromatic heterocycles. The van der Waals surface area contributed by atoms with Crippen molar-refractivity contribution in [3.63, 3.8) is 0 Å². The van der Waals surface area contributed by atoms with Gasteiger partial charge in [-0.05, 0) is 37.1 Å². The van der Waals surface area contributed by atoms with E-state index in [1.54, 1.807) is 0 Å². The van der Waals surface area contributed by atoms with Gasteiger partial charge in [-0.3, -0.25) is 4.79 Å². The number of amides is 1. The third-order valence-corrected chi connectivity index (χ3v) is 3.43. The number of carbonyl (C=O) groups is 1. The van der Waals surface area contributed by atoms with Gasteiger partial charge in [-0.25, -0.2) is 0 Å². The number of benzene rings is 2. The van der Waals surface area contributed by atoms with Crippen molar-refractivity contribution in [2.24, 2.45) is 5.73 Å². The molecule has 2 aromatic rings. The van der Waals surface area contributed by atoms with Crippen LogP contribution in [0, 0.1) is 0 Å². The monoisotopic (exact) mass is 312 g/mol. The smallest absolute Gasteiger partial charge is 0.226 e. The molecule has 3 N–H and O–H groups in total. The van der Waals surface area contributed by atoms with Crippen LogP contribution < -0.4 is 11.1 Å². The van der Waals surface area contributed by atoms with Crippen LogP contribution >= 0.6 is 0 Å². The Bertz CT molecular complexity index is 626. The van der Waals surface area contributed by atoms with Crippen molar-refractivity contribution >= 4 is 11.6 Å². The van der Waals surface area contributed by atoms with Crippen molar-refractivity contribution in [3.05, 3.63) is 65.7 Å². The molecule has 4 heteroatoms. The van der Waals surface area contributed by atoms with Crippen LogP contribution in [0.1, 0.15) is 37.4 Å². The van der Waals surface area contributed by atoms with E-state index < -0.39 is 0 Å². The predicted octanol–water partition coefficient (Wildman–Crippen LogP) is 3.64. The Balaban J connectivity index is 1.91. The van der Waals surface area contributed by atoms with Gasteiger partial charge in [0.05, 0.1) is 12.7 Å². The minimum Gasteiger partial charge on any atom is -0.374 e. The zero-order valence-corrected chi connectivity index (χ0v) is 13.7. The van der Waals surface area contributed by atoms with Crippen molar-refractivity contribution in [3.8, 4) is 0 Å². The Morgan fingerprint density at radius 3 is 2.57 bits per heavy atom. The first-order chi connectivity index (χ1) is 11.0. The second-order valence-electron chi connectivity index (χ2n) is 5.83. The van der Waals surface area contributed by atoms with Gasteiger partial charge < -0.3 is 15.8 Å². The summed E-state index contributed by atoms with van der Waals surface area (Å²) >= 11 is 0. The molecule has 0 aliphatic rings. The lowest BCUT2D eigenvalue weighted by atomic mass is 10.0. The van der Waals surface area contributed by atoms with Gasteiger partial charge in [-0.2, -0.15) is 0 Å². The van der Waals surface area contributed by atoms with Crippen molar-refractivity contribution in [2.45, 2.75) is 39.0 Å². The highest BCUT2D eigenvalue weighted by molar-refractivity contribution is 5.91. The van der Waals surface area contributed by atoms with Crippen LogP contribution in [-0.2, 0) is 16.1 Å². The van der Waals surface area contributed by atoms with Crippen LogP contribution in [-0.4, -0.2) is 12.0 Å². The minimum absolute atomic E-state index is 0.0942. The van der Waals surface area contributed by atoms with Crippen LogP contribution in [0.5, 0.6) is 0 Å². The maximum atomic E-state index is 12.2. The molecule has 0 heterocycles. The zero-order valence-electron chi connectivity index (χ0n) is 13.7. The maximum absolute atomic E-state index is 12.2. The maximum Gasteiger partial charge on any atom is 0.226 e. The molecule has 0 saturated heterocycles. The third kappa shape index (κ3) is 5.85. The lowest BCUT2D eigenvalue weighted by molar-refractivity contribution is -0.116. The van der Waals surface area contributed by atoms with Crippen LogP contribution in [0.4, 0.5) is 5.69 Å². The van der Waals surface area contributed by atoms with Crippen molar-refractivity contribution in [2.75, 3.05) is 5.32 Å². The number of hydrogen-bond donors (Lipinski definition) is 2. The first kappa shape index (κ1) is 17.2. The van der Waals surface area contributed by atoms with E-state index in [4.69, 9.17) is 10.5 Å². The molecule has 1 atom stereocenters.